The van der Waals surface area contributed by atoms with Crippen molar-refractivity contribution < 1.29 is 22.6 Å². The normalized spacial score (nSPS) is 11.1. The van der Waals surface area contributed by atoms with Gasteiger partial charge in [0.2, 0.25) is 0 Å². The zero-order valence-electron chi connectivity index (χ0n) is 14.0. The second-order valence-corrected chi connectivity index (χ2v) is 5.28. The highest BCUT2D eigenvalue weighted by Gasteiger charge is 2.28. The first-order chi connectivity index (χ1) is 11.4. The van der Waals surface area contributed by atoms with Crippen LogP contribution in [0.25, 0.3) is 0 Å². The van der Waals surface area contributed by atoms with E-state index in [0.717, 1.165) is 16.7 Å². The summed E-state index contributed by atoms with van der Waals surface area (Å²) in [6.07, 6.45) is -0.659. The van der Waals surface area contributed by atoms with Gasteiger partial charge in [0.05, 0.1) is 20.4 Å². The number of methoxy groups -OCH3 is 2. The van der Waals surface area contributed by atoms with E-state index in [2.05, 4.69) is 10.4 Å². The van der Waals surface area contributed by atoms with Gasteiger partial charge < -0.3 is 14.8 Å². The number of aromatic nitrogens is 2. The second kappa shape index (κ2) is 9.53. The molecule has 1 heterocycles. The number of benzene rings is 1. The molecule has 0 radical (unpaired) electrons. The molecule has 0 saturated carbocycles. The van der Waals surface area contributed by atoms with Gasteiger partial charge in [0.1, 0.15) is 6.54 Å². The molecule has 1 aromatic carbocycles. The van der Waals surface area contributed by atoms with Crippen molar-refractivity contribution in [2.24, 2.45) is 0 Å². The molecular weight excluding hydrogens is 359 g/mol. The molecule has 5 nitrogen and oxygen atoms in total. The smallest absolute Gasteiger partial charge is 0.408 e. The summed E-state index contributed by atoms with van der Waals surface area (Å²) in [5, 5.41) is 6.89. The highest BCUT2D eigenvalue weighted by atomic mass is 35.5. The highest BCUT2D eigenvalue weighted by molar-refractivity contribution is 5.85. The van der Waals surface area contributed by atoms with Crippen molar-refractivity contribution in [3.8, 4) is 11.5 Å². The van der Waals surface area contributed by atoms with Crippen molar-refractivity contribution in [3.63, 3.8) is 0 Å². The van der Waals surface area contributed by atoms with E-state index in [4.69, 9.17) is 9.47 Å². The van der Waals surface area contributed by atoms with E-state index in [9.17, 15) is 13.2 Å². The molecule has 1 N–H and O–H groups in total. The Morgan fingerprint density at radius 3 is 2.48 bits per heavy atom. The summed E-state index contributed by atoms with van der Waals surface area (Å²) in [6.45, 7) is 0.0731. The third-order valence-electron chi connectivity index (χ3n) is 3.40. The maximum atomic E-state index is 12.3. The van der Waals surface area contributed by atoms with Gasteiger partial charge in [0.25, 0.3) is 0 Å². The Labute approximate surface area is 150 Å². The molecule has 0 aliphatic heterocycles. The first-order valence-electron chi connectivity index (χ1n) is 7.41. The van der Waals surface area contributed by atoms with Gasteiger partial charge in [-0.2, -0.15) is 18.3 Å². The summed E-state index contributed by atoms with van der Waals surface area (Å²) < 4.78 is 48.1. The van der Waals surface area contributed by atoms with E-state index in [-0.39, 0.29) is 12.4 Å². The Bertz CT molecular complexity index is 662. The Hall–Kier alpha value is -1.93. The van der Waals surface area contributed by atoms with Crippen LogP contribution < -0.4 is 14.8 Å². The molecule has 0 aliphatic rings. The lowest BCUT2D eigenvalue weighted by molar-refractivity contribution is -0.142. The lowest BCUT2D eigenvalue weighted by Crippen LogP contribution is -2.18. The number of hydrogen-bond acceptors (Lipinski definition) is 4. The zero-order chi connectivity index (χ0) is 17.6. The van der Waals surface area contributed by atoms with E-state index in [0.29, 0.717) is 30.2 Å². The van der Waals surface area contributed by atoms with Gasteiger partial charge in [-0.15, -0.1) is 12.4 Å². The van der Waals surface area contributed by atoms with Gasteiger partial charge in [0, 0.05) is 18.3 Å². The van der Waals surface area contributed by atoms with Crippen LogP contribution in [0.5, 0.6) is 11.5 Å². The number of nitrogens with zero attached hydrogens (tertiary/aromatic N) is 2. The van der Waals surface area contributed by atoms with E-state index in [1.54, 1.807) is 14.2 Å². The van der Waals surface area contributed by atoms with Crippen molar-refractivity contribution in [2.45, 2.75) is 25.7 Å². The van der Waals surface area contributed by atoms with Crippen LogP contribution in [0.2, 0.25) is 0 Å². The van der Waals surface area contributed by atoms with E-state index < -0.39 is 12.7 Å². The fourth-order valence-corrected chi connectivity index (χ4v) is 2.27. The molecule has 25 heavy (non-hydrogen) atoms. The standard InChI is InChI=1S/C16H20F3N3O2.ClH/c1-23-14-4-3-12(7-15(14)24-2)5-6-20-8-13-9-21-22(10-13)11-16(17,18)19;/h3-4,7,9-10,20H,5-6,8,11H2,1-2H3;1H. The molecule has 1 aromatic heterocycles. The highest BCUT2D eigenvalue weighted by Crippen LogP contribution is 2.27. The fraction of sp³-hybridized carbons (Fsp3) is 0.438. The molecule has 0 amide bonds. The Morgan fingerprint density at radius 2 is 1.84 bits per heavy atom. The molecule has 0 spiro atoms. The molecule has 2 aromatic rings. The molecule has 0 atom stereocenters. The van der Waals surface area contributed by atoms with E-state index in [1.807, 2.05) is 18.2 Å². The van der Waals surface area contributed by atoms with Crippen molar-refractivity contribution in [2.75, 3.05) is 20.8 Å². The number of halogens is 4. The topological polar surface area (TPSA) is 48.3 Å². The summed E-state index contributed by atoms with van der Waals surface area (Å²) in [6, 6.07) is 5.70. The minimum absolute atomic E-state index is 0. The van der Waals surface area contributed by atoms with Gasteiger partial charge in [-0.05, 0) is 30.7 Å². The second-order valence-electron chi connectivity index (χ2n) is 5.28. The van der Waals surface area contributed by atoms with E-state index >= 15 is 0 Å². The SMILES string of the molecule is COc1ccc(CCNCc2cnn(CC(F)(F)F)c2)cc1OC.Cl. The van der Waals surface area contributed by atoms with Gasteiger partial charge in [-0.25, -0.2) is 0 Å². The quantitative estimate of drug-likeness (QED) is 0.715. The summed E-state index contributed by atoms with van der Waals surface area (Å²) in [5.74, 6) is 1.34. The molecule has 0 bridgehead atoms. The van der Waals surface area contributed by atoms with Crippen LogP contribution in [0, 0.1) is 0 Å². The lowest BCUT2D eigenvalue weighted by Gasteiger charge is -2.10. The first-order valence-corrected chi connectivity index (χ1v) is 7.41. The van der Waals surface area contributed by atoms with Gasteiger partial charge in [0.15, 0.2) is 11.5 Å². The van der Waals surface area contributed by atoms with Crippen molar-refractivity contribution in [1.29, 1.82) is 0 Å². The van der Waals surface area contributed by atoms with E-state index in [1.165, 1.54) is 12.4 Å². The van der Waals surface area contributed by atoms with Crippen LogP contribution in [0.15, 0.2) is 30.6 Å². The van der Waals surface area contributed by atoms with Crippen LogP contribution in [0.1, 0.15) is 11.1 Å². The predicted molar refractivity (Wildman–Crippen MR) is 90.5 cm³/mol. The fourth-order valence-electron chi connectivity index (χ4n) is 2.27. The van der Waals surface area contributed by atoms with Crippen molar-refractivity contribution in [1.82, 2.24) is 15.1 Å². The maximum absolute atomic E-state index is 12.3. The molecule has 9 heteroatoms. The predicted octanol–water partition coefficient (Wildman–Crippen LogP) is 3.22. The number of hydrogen-bond donors (Lipinski definition) is 1. The average Bonchev–Trinajstić information content (AvgIpc) is 2.96. The molecule has 140 valence electrons. The van der Waals surface area contributed by atoms with Crippen LogP contribution >= 0.6 is 12.4 Å². The molecule has 0 unspecified atom stereocenters. The largest absolute Gasteiger partial charge is 0.493 e. The minimum atomic E-state index is -4.26. The molecule has 0 aliphatic carbocycles. The van der Waals surface area contributed by atoms with Gasteiger partial charge in [-0.3, -0.25) is 4.68 Å². The van der Waals surface area contributed by atoms with Gasteiger partial charge in [-0.1, -0.05) is 6.07 Å². The molecule has 0 saturated heterocycles. The zero-order valence-corrected chi connectivity index (χ0v) is 14.8. The Morgan fingerprint density at radius 1 is 1.12 bits per heavy atom. The molecule has 0 fully saturated rings. The number of nitrogens with one attached hydrogen (secondary N) is 1. The Balaban J connectivity index is 0.00000312. The average molecular weight is 380 g/mol. The summed E-state index contributed by atoms with van der Waals surface area (Å²) in [4.78, 5) is 0. The third kappa shape index (κ3) is 6.83. The van der Waals surface area contributed by atoms with Crippen LogP contribution in [-0.4, -0.2) is 36.7 Å². The Kier molecular flexibility index (Phi) is 8.05. The summed E-state index contributed by atoms with van der Waals surface area (Å²) in [7, 11) is 3.16. The van der Waals surface area contributed by atoms with Crippen LogP contribution in [0.3, 0.4) is 0 Å². The lowest BCUT2D eigenvalue weighted by atomic mass is 10.1. The number of rotatable bonds is 8. The summed E-state index contributed by atoms with van der Waals surface area (Å²) >= 11 is 0. The monoisotopic (exact) mass is 379 g/mol. The van der Waals surface area contributed by atoms with Crippen molar-refractivity contribution >= 4 is 12.4 Å². The number of ether oxygens (including phenoxy) is 2. The third-order valence-corrected chi connectivity index (χ3v) is 3.40. The molecule has 2 rings (SSSR count). The van der Waals surface area contributed by atoms with Crippen molar-refractivity contribution in [3.05, 3.63) is 41.7 Å². The van der Waals surface area contributed by atoms with Crippen LogP contribution in [0.4, 0.5) is 13.2 Å². The first kappa shape index (κ1) is 21.1. The number of alkyl halides is 3. The minimum Gasteiger partial charge on any atom is -0.493 e. The van der Waals surface area contributed by atoms with Crippen LogP contribution in [-0.2, 0) is 19.5 Å². The van der Waals surface area contributed by atoms with Gasteiger partial charge >= 0.3 is 6.18 Å². The maximum Gasteiger partial charge on any atom is 0.408 e. The molecular formula is C16H21ClF3N3O2. The summed E-state index contributed by atoms with van der Waals surface area (Å²) in [5.41, 5.74) is 1.79.